The van der Waals surface area contributed by atoms with Gasteiger partial charge in [0, 0.05) is 19.6 Å². The lowest BCUT2D eigenvalue weighted by Gasteiger charge is -2.25. The number of nitrogens with one attached hydrogen (secondary N) is 2. The van der Waals surface area contributed by atoms with E-state index in [1.807, 2.05) is 6.07 Å². The molecule has 1 aliphatic rings. The number of carbonyl (C=O) groups excluding carboxylic acids is 1. The maximum absolute atomic E-state index is 12.7. The van der Waals surface area contributed by atoms with Crippen LogP contribution in [0.5, 0.6) is 11.5 Å². The topological polar surface area (TPSA) is 130 Å². The molecular weight excluding hydrogens is 396 g/mol. The molecule has 1 aromatic heterocycles. The van der Waals surface area contributed by atoms with Crippen LogP contribution in [0.1, 0.15) is 47.2 Å². The summed E-state index contributed by atoms with van der Waals surface area (Å²) in [5.41, 5.74) is 7.93. The lowest BCUT2D eigenvalue weighted by molar-refractivity contribution is 0.0908. The molecule has 1 fully saturated rings. The van der Waals surface area contributed by atoms with Crippen molar-refractivity contribution in [1.29, 1.82) is 0 Å². The highest BCUT2D eigenvalue weighted by Gasteiger charge is 2.19. The predicted octanol–water partition coefficient (Wildman–Crippen LogP) is 2.19. The molecule has 1 atom stereocenters. The van der Waals surface area contributed by atoms with Gasteiger partial charge in [0.25, 0.3) is 5.91 Å². The van der Waals surface area contributed by atoms with Gasteiger partial charge in [0.2, 0.25) is 0 Å². The molecule has 0 aliphatic heterocycles. The molecular formula is C23H32N4O4. The number of aromatic hydroxyl groups is 1. The fourth-order valence-electron chi connectivity index (χ4n) is 3.60. The van der Waals surface area contributed by atoms with Crippen LogP contribution in [0.3, 0.4) is 0 Å². The number of amides is 1. The molecule has 3 rings (SSSR count). The first-order chi connectivity index (χ1) is 15.0. The number of aliphatic hydroxyl groups is 1. The van der Waals surface area contributed by atoms with E-state index in [1.165, 1.54) is 32.6 Å². The molecule has 1 saturated carbocycles. The van der Waals surface area contributed by atoms with Crippen molar-refractivity contribution in [3.63, 3.8) is 0 Å². The number of phenolic OH excluding ortho intramolecular Hbond substituents is 1. The van der Waals surface area contributed by atoms with Crippen molar-refractivity contribution in [3.8, 4) is 11.5 Å². The predicted molar refractivity (Wildman–Crippen MR) is 119 cm³/mol. The van der Waals surface area contributed by atoms with Gasteiger partial charge < -0.3 is 31.3 Å². The van der Waals surface area contributed by atoms with Crippen molar-refractivity contribution < 1.29 is 19.7 Å². The van der Waals surface area contributed by atoms with E-state index in [9.17, 15) is 15.0 Å². The van der Waals surface area contributed by atoms with E-state index >= 15 is 0 Å². The number of aryl methyl sites for hydroxylation is 1. The van der Waals surface area contributed by atoms with Crippen molar-refractivity contribution in [3.05, 3.63) is 47.2 Å². The fraction of sp³-hybridized carbons (Fsp3) is 0.478. The summed E-state index contributed by atoms with van der Waals surface area (Å²) in [6, 6.07) is 6.73. The molecule has 168 valence electrons. The molecule has 6 N–H and O–H groups in total. The summed E-state index contributed by atoms with van der Waals surface area (Å²) in [5.74, 6) is 1.55. The van der Waals surface area contributed by atoms with Crippen molar-refractivity contribution in [1.82, 2.24) is 10.3 Å². The Morgan fingerprint density at radius 3 is 2.81 bits per heavy atom. The Balaban J connectivity index is 1.53. The first-order valence-electron chi connectivity index (χ1n) is 10.7. The van der Waals surface area contributed by atoms with Crippen molar-refractivity contribution in [2.75, 3.05) is 25.5 Å². The number of pyridine rings is 1. The molecule has 1 heterocycles. The molecule has 2 aromatic rings. The average molecular weight is 429 g/mol. The number of phenols is 1. The Morgan fingerprint density at radius 1 is 1.32 bits per heavy atom. The third kappa shape index (κ3) is 6.32. The molecule has 0 unspecified atom stereocenters. The minimum absolute atomic E-state index is 0.116. The fourth-order valence-corrected chi connectivity index (χ4v) is 3.60. The third-order valence-corrected chi connectivity index (χ3v) is 5.78. The van der Waals surface area contributed by atoms with Gasteiger partial charge in [0.15, 0.2) is 0 Å². The minimum Gasteiger partial charge on any atom is -0.508 e. The number of hydrogen-bond donors (Lipinski definition) is 5. The normalized spacial score (nSPS) is 14.5. The van der Waals surface area contributed by atoms with E-state index in [0.29, 0.717) is 42.4 Å². The van der Waals surface area contributed by atoms with Crippen LogP contribution in [0, 0.1) is 5.92 Å². The van der Waals surface area contributed by atoms with Crippen molar-refractivity contribution in [2.24, 2.45) is 11.7 Å². The van der Waals surface area contributed by atoms with E-state index in [4.69, 9.17) is 10.5 Å². The highest BCUT2D eigenvalue weighted by molar-refractivity contribution is 5.97. The zero-order valence-electron chi connectivity index (χ0n) is 17.9. The number of carbonyl (C=O) groups is 1. The second kappa shape index (κ2) is 11.0. The highest BCUT2D eigenvalue weighted by atomic mass is 16.5. The third-order valence-electron chi connectivity index (χ3n) is 5.78. The summed E-state index contributed by atoms with van der Waals surface area (Å²) in [7, 11) is 1.50. The SMILES string of the molecule is COc1cnc(NCC2CCC2)cc1C(=O)NC[C@@H](O)CCc1ccc(O)cc1CN. The van der Waals surface area contributed by atoms with Crippen LogP contribution >= 0.6 is 0 Å². The van der Waals surface area contributed by atoms with E-state index in [0.717, 1.165) is 17.7 Å². The van der Waals surface area contributed by atoms with E-state index in [1.54, 1.807) is 18.2 Å². The molecule has 0 spiro atoms. The summed E-state index contributed by atoms with van der Waals surface area (Å²) in [6.45, 7) is 1.28. The van der Waals surface area contributed by atoms with E-state index < -0.39 is 6.10 Å². The molecule has 0 saturated heterocycles. The first-order valence-corrected chi connectivity index (χ1v) is 10.7. The van der Waals surface area contributed by atoms with Gasteiger partial charge in [-0.1, -0.05) is 12.5 Å². The monoisotopic (exact) mass is 428 g/mol. The lowest BCUT2D eigenvalue weighted by Crippen LogP contribution is -2.32. The van der Waals surface area contributed by atoms with Gasteiger partial charge in [-0.15, -0.1) is 0 Å². The summed E-state index contributed by atoms with van der Waals surface area (Å²) in [6.07, 6.45) is 5.60. The number of nitrogens with zero attached hydrogens (tertiary/aromatic N) is 1. The van der Waals surface area contributed by atoms with Gasteiger partial charge in [-0.05, 0) is 60.9 Å². The number of aromatic nitrogens is 1. The number of nitrogens with two attached hydrogens (primary N) is 1. The number of benzene rings is 1. The zero-order chi connectivity index (χ0) is 22.2. The Hall–Kier alpha value is -2.84. The van der Waals surface area contributed by atoms with Gasteiger partial charge in [0.1, 0.15) is 17.3 Å². The Kier molecular flexibility index (Phi) is 8.08. The number of methoxy groups -OCH3 is 1. The molecule has 8 heteroatoms. The molecule has 8 nitrogen and oxygen atoms in total. The molecule has 31 heavy (non-hydrogen) atoms. The number of rotatable bonds is 11. The molecule has 0 bridgehead atoms. The Bertz CT molecular complexity index is 886. The zero-order valence-corrected chi connectivity index (χ0v) is 17.9. The summed E-state index contributed by atoms with van der Waals surface area (Å²) < 4.78 is 5.28. The second-order valence-electron chi connectivity index (χ2n) is 8.01. The van der Waals surface area contributed by atoms with Gasteiger partial charge in [0.05, 0.1) is 25.0 Å². The Labute approximate surface area is 182 Å². The van der Waals surface area contributed by atoms with Crippen molar-refractivity contribution in [2.45, 2.75) is 44.8 Å². The molecule has 0 radical (unpaired) electrons. The minimum atomic E-state index is -0.715. The van der Waals surface area contributed by atoms with Crippen LogP contribution in [0.15, 0.2) is 30.5 Å². The smallest absolute Gasteiger partial charge is 0.255 e. The second-order valence-corrected chi connectivity index (χ2v) is 8.01. The standard InChI is InChI=1S/C23H32N4O4/c1-31-21-14-26-22(25-12-15-3-2-4-15)10-20(21)23(30)27-13-19(29)8-6-16-5-7-18(28)9-17(16)11-24/h5,7,9-10,14-15,19,28-29H,2-4,6,8,11-13,24H2,1H3,(H,25,26)(H,27,30)/t19-/m0/s1. The summed E-state index contributed by atoms with van der Waals surface area (Å²) in [5, 5.41) is 26.0. The summed E-state index contributed by atoms with van der Waals surface area (Å²) in [4.78, 5) is 17.0. The Morgan fingerprint density at radius 2 is 2.13 bits per heavy atom. The number of ether oxygens (including phenoxy) is 1. The van der Waals surface area contributed by atoms with Crippen molar-refractivity contribution >= 4 is 11.7 Å². The van der Waals surface area contributed by atoms with Crippen LogP contribution in [-0.2, 0) is 13.0 Å². The largest absolute Gasteiger partial charge is 0.508 e. The van der Waals surface area contributed by atoms with Crippen LogP contribution in [0.4, 0.5) is 5.82 Å². The van der Waals surface area contributed by atoms with Crippen LogP contribution in [-0.4, -0.2) is 47.4 Å². The summed E-state index contributed by atoms with van der Waals surface area (Å²) >= 11 is 0. The quantitative estimate of drug-likeness (QED) is 0.371. The highest BCUT2D eigenvalue weighted by Crippen LogP contribution is 2.27. The van der Waals surface area contributed by atoms with Gasteiger partial charge >= 0.3 is 0 Å². The maximum atomic E-state index is 12.7. The van der Waals surface area contributed by atoms with Crippen LogP contribution in [0.2, 0.25) is 0 Å². The number of aliphatic hydroxyl groups excluding tert-OH is 1. The van der Waals surface area contributed by atoms with Crippen LogP contribution < -0.4 is 21.1 Å². The van der Waals surface area contributed by atoms with Gasteiger partial charge in [-0.2, -0.15) is 0 Å². The van der Waals surface area contributed by atoms with E-state index in [2.05, 4.69) is 15.6 Å². The first kappa shape index (κ1) is 22.8. The van der Waals surface area contributed by atoms with E-state index in [-0.39, 0.29) is 18.2 Å². The number of hydrogen-bond acceptors (Lipinski definition) is 7. The van der Waals surface area contributed by atoms with Gasteiger partial charge in [-0.25, -0.2) is 4.98 Å². The molecule has 1 amide bonds. The van der Waals surface area contributed by atoms with Gasteiger partial charge in [-0.3, -0.25) is 4.79 Å². The molecule has 1 aliphatic carbocycles. The van der Waals surface area contributed by atoms with Crippen LogP contribution in [0.25, 0.3) is 0 Å². The lowest BCUT2D eigenvalue weighted by atomic mass is 9.85. The number of anilines is 1. The average Bonchev–Trinajstić information content (AvgIpc) is 2.75. The molecule has 1 aromatic carbocycles. The maximum Gasteiger partial charge on any atom is 0.255 e.